The first-order valence-electron chi connectivity index (χ1n) is 7.68. The fourth-order valence-corrected chi connectivity index (χ4v) is 3.11. The van der Waals surface area contributed by atoms with E-state index in [2.05, 4.69) is 10.3 Å². The van der Waals surface area contributed by atoms with Crippen LogP contribution in [0.5, 0.6) is 0 Å². The Balaban J connectivity index is 1.85. The second-order valence-electron chi connectivity index (χ2n) is 6.64. The number of amides is 2. The number of rotatable bonds is 3. The van der Waals surface area contributed by atoms with Gasteiger partial charge in [-0.2, -0.15) is 13.2 Å². The van der Waals surface area contributed by atoms with Gasteiger partial charge in [0, 0.05) is 32.0 Å². The Labute approximate surface area is 134 Å². The predicted molar refractivity (Wildman–Crippen MR) is 80.9 cm³/mol. The van der Waals surface area contributed by atoms with Gasteiger partial charge >= 0.3 is 12.2 Å². The van der Waals surface area contributed by atoms with Crippen molar-refractivity contribution in [3.8, 4) is 0 Å². The Morgan fingerprint density at radius 1 is 1.48 bits per heavy atom. The molecule has 1 aromatic heterocycles. The molecule has 1 fully saturated rings. The Kier molecular flexibility index (Phi) is 5.16. The molecule has 1 aromatic rings. The number of piperidine rings is 1. The number of nitrogens with one attached hydrogen (secondary N) is 1. The van der Waals surface area contributed by atoms with Crippen LogP contribution in [0.15, 0.2) is 24.5 Å². The first-order valence-corrected chi connectivity index (χ1v) is 7.68. The van der Waals surface area contributed by atoms with Gasteiger partial charge in [-0.25, -0.2) is 4.79 Å². The number of nitrogens with zero attached hydrogens (tertiary/aromatic N) is 2. The number of hydrogen-bond acceptors (Lipinski definition) is 2. The third-order valence-corrected chi connectivity index (χ3v) is 4.32. The minimum atomic E-state index is -4.22. The van der Waals surface area contributed by atoms with E-state index >= 15 is 0 Å². The number of pyridine rings is 1. The summed E-state index contributed by atoms with van der Waals surface area (Å²) in [6, 6.07) is 3.43. The molecule has 1 aliphatic rings. The maximum atomic E-state index is 13.0. The van der Waals surface area contributed by atoms with Crippen molar-refractivity contribution < 1.29 is 18.0 Å². The maximum absolute atomic E-state index is 13.0. The van der Waals surface area contributed by atoms with E-state index < -0.39 is 17.5 Å². The van der Waals surface area contributed by atoms with Crippen LogP contribution in [0.2, 0.25) is 0 Å². The average Bonchev–Trinajstić information content (AvgIpc) is 2.45. The Morgan fingerprint density at radius 2 is 2.22 bits per heavy atom. The predicted octanol–water partition coefficient (Wildman–Crippen LogP) is 3.24. The molecule has 0 bridgehead atoms. The van der Waals surface area contributed by atoms with Crippen molar-refractivity contribution in [2.24, 2.45) is 11.3 Å². The number of aromatic nitrogens is 1. The molecule has 0 aliphatic carbocycles. The fraction of sp³-hybridized carbons (Fsp3) is 0.625. The van der Waals surface area contributed by atoms with Gasteiger partial charge in [0.25, 0.3) is 0 Å². The molecule has 1 aliphatic heterocycles. The van der Waals surface area contributed by atoms with E-state index in [1.165, 1.54) is 4.90 Å². The summed E-state index contributed by atoms with van der Waals surface area (Å²) < 4.78 is 39.1. The van der Waals surface area contributed by atoms with Crippen molar-refractivity contribution in [1.82, 2.24) is 15.2 Å². The number of alkyl halides is 3. The van der Waals surface area contributed by atoms with Gasteiger partial charge in [0.05, 0.1) is 5.92 Å². The van der Waals surface area contributed by atoms with Crippen molar-refractivity contribution in [1.29, 1.82) is 0 Å². The summed E-state index contributed by atoms with van der Waals surface area (Å²) in [5.41, 5.74) is 0.0286. The van der Waals surface area contributed by atoms with Gasteiger partial charge in [0.15, 0.2) is 0 Å². The third-order valence-electron chi connectivity index (χ3n) is 4.32. The zero-order valence-corrected chi connectivity index (χ0v) is 13.4. The highest BCUT2D eigenvalue weighted by molar-refractivity contribution is 5.74. The monoisotopic (exact) mass is 329 g/mol. The maximum Gasteiger partial charge on any atom is 0.392 e. The molecule has 2 rings (SSSR count). The number of halogens is 3. The molecule has 1 N–H and O–H groups in total. The van der Waals surface area contributed by atoms with Gasteiger partial charge in [0.1, 0.15) is 0 Å². The zero-order valence-electron chi connectivity index (χ0n) is 13.4. The molecule has 1 unspecified atom stereocenters. The van der Waals surface area contributed by atoms with Gasteiger partial charge in [0.2, 0.25) is 0 Å². The molecular formula is C16H22F3N3O. The fourth-order valence-electron chi connectivity index (χ4n) is 3.11. The van der Waals surface area contributed by atoms with Crippen LogP contribution in [0.1, 0.15) is 25.8 Å². The number of carbonyl (C=O) groups excluding carboxylic acids is 1. The van der Waals surface area contributed by atoms with E-state index in [-0.39, 0.29) is 25.5 Å². The number of hydrogen-bond donors (Lipinski definition) is 1. The van der Waals surface area contributed by atoms with Crippen molar-refractivity contribution in [2.75, 3.05) is 19.6 Å². The summed E-state index contributed by atoms with van der Waals surface area (Å²) in [6.45, 7) is 3.81. The standard InChI is InChI=1S/C16H22F3N3O/c1-15(2)11-22(9-6-13(15)16(17,18)19)14(23)21-8-5-12-4-3-7-20-10-12/h3-4,7,10,13H,5-6,8-9,11H2,1-2H3,(H,21,23). The lowest BCUT2D eigenvalue weighted by Gasteiger charge is -2.44. The summed E-state index contributed by atoms with van der Waals surface area (Å²) in [5.74, 6) is -1.37. The van der Waals surface area contributed by atoms with Crippen molar-refractivity contribution >= 4 is 6.03 Å². The zero-order chi connectivity index (χ0) is 17.1. The molecule has 0 spiro atoms. The Bertz CT molecular complexity index is 531. The number of carbonyl (C=O) groups is 1. The lowest BCUT2D eigenvalue weighted by Crippen LogP contribution is -2.54. The minimum Gasteiger partial charge on any atom is -0.338 e. The SMILES string of the molecule is CC1(C)CN(C(=O)NCCc2cccnc2)CCC1C(F)(F)F. The smallest absolute Gasteiger partial charge is 0.338 e. The van der Waals surface area contributed by atoms with Crippen LogP contribution in [0, 0.1) is 11.3 Å². The summed E-state index contributed by atoms with van der Waals surface area (Å²) in [5, 5.41) is 2.77. The third kappa shape index (κ3) is 4.59. The molecule has 23 heavy (non-hydrogen) atoms. The molecule has 2 heterocycles. The normalized spacial score (nSPS) is 21.1. The molecule has 4 nitrogen and oxygen atoms in total. The molecule has 0 aromatic carbocycles. The summed E-state index contributed by atoms with van der Waals surface area (Å²) in [6.07, 6.45) is -0.222. The number of likely N-dealkylation sites (tertiary alicyclic amines) is 1. The molecule has 7 heteroatoms. The van der Waals surface area contributed by atoms with Gasteiger partial charge in [-0.15, -0.1) is 0 Å². The van der Waals surface area contributed by atoms with Crippen LogP contribution >= 0.6 is 0 Å². The van der Waals surface area contributed by atoms with Crippen molar-refractivity contribution in [2.45, 2.75) is 32.9 Å². The molecule has 2 amide bonds. The van der Waals surface area contributed by atoms with Crippen LogP contribution in [-0.4, -0.2) is 41.7 Å². The van der Waals surface area contributed by atoms with E-state index in [0.717, 1.165) is 5.56 Å². The van der Waals surface area contributed by atoms with Gasteiger partial charge in [-0.1, -0.05) is 19.9 Å². The van der Waals surface area contributed by atoms with E-state index in [0.29, 0.717) is 13.0 Å². The van der Waals surface area contributed by atoms with E-state index in [1.807, 2.05) is 12.1 Å². The first-order chi connectivity index (χ1) is 10.7. The summed E-state index contributed by atoms with van der Waals surface area (Å²) in [4.78, 5) is 17.6. The highest BCUT2D eigenvalue weighted by Crippen LogP contribution is 2.44. The quantitative estimate of drug-likeness (QED) is 0.925. The second-order valence-corrected chi connectivity index (χ2v) is 6.64. The molecule has 0 saturated carbocycles. The van der Waals surface area contributed by atoms with E-state index in [4.69, 9.17) is 0 Å². The van der Waals surface area contributed by atoms with E-state index in [9.17, 15) is 18.0 Å². The Hall–Kier alpha value is -1.79. The molecule has 128 valence electrons. The first kappa shape index (κ1) is 17.6. The van der Waals surface area contributed by atoms with Crippen LogP contribution in [0.3, 0.4) is 0 Å². The summed E-state index contributed by atoms with van der Waals surface area (Å²) >= 11 is 0. The summed E-state index contributed by atoms with van der Waals surface area (Å²) in [7, 11) is 0. The molecule has 0 radical (unpaired) electrons. The largest absolute Gasteiger partial charge is 0.392 e. The topological polar surface area (TPSA) is 45.2 Å². The lowest BCUT2D eigenvalue weighted by molar-refractivity contribution is -0.214. The van der Waals surface area contributed by atoms with Gasteiger partial charge < -0.3 is 10.2 Å². The average molecular weight is 329 g/mol. The van der Waals surface area contributed by atoms with E-state index in [1.54, 1.807) is 26.2 Å². The van der Waals surface area contributed by atoms with Crippen LogP contribution in [-0.2, 0) is 6.42 Å². The second kappa shape index (κ2) is 6.76. The molecular weight excluding hydrogens is 307 g/mol. The minimum absolute atomic E-state index is 0.0491. The number of urea groups is 1. The van der Waals surface area contributed by atoms with Crippen LogP contribution in [0.4, 0.5) is 18.0 Å². The van der Waals surface area contributed by atoms with Gasteiger partial charge in [-0.3, -0.25) is 4.98 Å². The van der Waals surface area contributed by atoms with Crippen molar-refractivity contribution in [3.05, 3.63) is 30.1 Å². The van der Waals surface area contributed by atoms with Crippen LogP contribution in [0.25, 0.3) is 0 Å². The molecule has 1 saturated heterocycles. The Morgan fingerprint density at radius 3 is 2.78 bits per heavy atom. The van der Waals surface area contributed by atoms with Crippen LogP contribution < -0.4 is 5.32 Å². The van der Waals surface area contributed by atoms with Crippen molar-refractivity contribution in [3.63, 3.8) is 0 Å². The lowest BCUT2D eigenvalue weighted by atomic mass is 9.73. The highest BCUT2D eigenvalue weighted by Gasteiger charge is 2.51. The highest BCUT2D eigenvalue weighted by atomic mass is 19.4. The van der Waals surface area contributed by atoms with Gasteiger partial charge in [-0.05, 0) is 29.9 Å². The molecule has 1 atom stereocenters.